The van der Waals surface area contributed by atoms with E-state index in [2.05, 4.69) is 5.32 Å². The van der Waals surface area contributed by atoms with E-state index >= 15 is 0 Å². The molecule has 0 saturated carbocycles. The van der Waals surface area contributed by atoms with Crippen LogP contribution in [-0.2, 0) is 9.53 Å². The quantitative estimate of drug-likeness (QED) is 0.800. The Morgan fingerprint density at radius 2 is 2.22 bits per heavy atom. The van der Waals surface area contributed by atoms with E-state index in [0.717, 1.165) is 0 Å². The van der Waals surface area contributed by atoms with Crippen LogP contribution >= 0.6 is 0 Å². The second-order valence-corrected chi connectivity index (χ2v) is 3.70. The summed E-state index contributed by atoms with van der Waals surface area (Å²) in [5, 5.41) is 2.56. The summed E-state index contributed by atoms with van der Waals surface area (Å²) in [5.74, 6) is -0.681. The van der Waals surface area contributed by atoms with Gasteiger partial charge in [0.15, 0.2) is 11.6 Å². The van der Waals surface area contributed by atoms with Gasteiger partial charge in [-0.15, -0.1) is 0 Å². The Morgan fingerprint density at radius 3 is 2.72 bits per heavy atom. The van der Waals surface area contributed by atoms with E-state index in [-0.39, 0.29) is 30.7 Å². The second kappa shape index (κ2) is 6.93. The summed E-state index contributed by atoms with van der Waals surface area (Å²) < 4.78 is 23.1. The number of rotatable bonds is 6. The molecule has 0 spiro atoms. The number of hydrogen-bond donors (Lipinski definition) is 2. The number of amides is 1. The molecule has 100 valence electrons. The van der Waals surface area contributed by atoms with Gasteiger partial charge in [-0.05, 0) is 12.1 Å². The standard InChI is InChI=1S/C12H17FN2O3/c1-17-9(7-14)6-12(16)15-8-3-4-11(18-2)10(13)5-8/h3-5,9H,6-7,14H2,1-2H3,(H,15,16). The number of methoxy groups -OCH3 is 2. The normalized spacial score (nSPS) is 12.0. The van der Waals surface area contributed by atoms with Crippen LogP contribution in [0.4, 0.5) is 10.1 Å². The predicted octanol–water partition coefficient (Wildman–Crippen LogP) is 1.14. The highest BCUT2D eigenvalue weighted by molar-refractivity contribution is 5.91. The van der Waals surface area contributed by atoms with Crippen LogP contribution in [0.5, 0.6) is 5.75 Å². The Labute approximate surface area is 105 Å². The van der Waals surface area contributed by atoms with Crippen molar-refractivity contribution in [2.75, 3.05) is 26.1 Å². The summed E-state index contributed by atoms with van der Waals surface area (Å²) in [4.78, 5) is 11.6. The number of carbonyl (C=O) groups excluding carboxylic acids is 1. The Bertz CT molecular complexity index is 408. The van der Waals surface area contributed by atoms with Crippen molar-refractivity contribution >= 4 is 11.6 Å². The van der Waals surface area contributed by atoms with Crippen LogP contribution in [0, 0.1) is 5.82 Å². The van der Waals surface area contributed by atoms with Gasteiger partial charge in [0.25, 0.3) is 0 Å². The van der Waals surface area contributed by atoms with Gasteiger partial charge in [-0.2, -0.15) is 0 Å². The number of hydrogen-bond acceptors (Lipinski definition) is 4. The molecular formula is C12H17FN2O3. The highest BCUT2D eigenvalue weighted by Crippen LogP contribution is 2.20. The first-order valence-electron chi connectivity index (χ1n) is 5.47. The van der Waals surface area contributed by atoms with Crippen molar-refractivity contribution in [3.63, 3.8) is 0 Å². The van der Waals surface area contributed by atoms with Gasteiger partial charge in [0.2, 0.25) is 5.91 Å². The van der Waals surface area contributed by atoms with E-state index in [9.17, 15) is 9.18 Å². The van der Waals surface area contributed by atoms with Crippen LogP contribution < -0.4 is 15.8 Å². The summed E-state index contributed by atoms with van der Waals surface area (Å²) in [7, 11) is 2.86. The van der Waals surface area contributed by atoms with Crippen molar-refractivity contribution in [1.29, 1.82) is 0 Å². The first-order valence-corrected chi connectivity index (χ1v) is 5.47. The smallest absolute Gasteiger partial charge is 0.227 e. The molecule has 0 heterocycles. The minimum Gasteiger partial charge on any atom is -0.494 e. The fraction of sp³-hybridized carbons (Fsp3) is 0.417. The zero-order valence-corrected chi connectivity index (χ0v) is 10.4. The monoisotopic (exact) mass is 256 g/mol. The van der Waals surface area contributed by atoms with Crippen LogP contribution in [0.3, 0.4) is 0 Å². The van der Waals surface area contributed by atoms with Crippen LogP contribution in [0.25, 0.3) is 0 Å². The van der Waals surface area contributed by atoms with Gasteiger partial charge in [0.05, 0.1) is 19.6 Å². The molecule has 1 aromatic rings. The van der Waals surface area contributed by atoms with Gasteiger partial charge in [0, 0.05) is 25.4 Å². The molecule has 5 nitrogen and oxygen atoms in total. The largest absolute Gasteiger partial charge is 0.494 e. The zero-order valence-electron chi connectivity index (χ0n) is 10.4. The third-order valence-electron chi connectivity index (χ3n) is 2.44. The molecule has 0 saturated heterocycles. The lowest BCUT2D eigenvalue weighted by Crippen LogP contribution is -2.28. The SMILES string of the molecule is COc1ccc(NC(=O)CC(CN)OC)cc1F. The predicted molar refractivity (Wildman–Crippen MR) is 66.1 cm³/mol. The van der Waals surface area contributed by atoms with E-state index < -0.39 is 5.82 Å². The average molecular weight is 256 g/mol. The third kappa shape index (κ3) is 3.97. The Balaban J connectivity index is 2.62. The van der Waals surface area contributed by atoms with E-state index in [1.807, 2.05) is 0 Å². The van der Waals surface area contributed by atoms with E-state index in [0.29, 0.717) is 5.69 Å². The molecule has 1 unspecified atom stereocenters. The summed E-state index contributed by atoms with van der Waals surface area (Å²) >= 11 is 0. The molecule has 1 amide bonds. The topological polar surface area (TPSA) is 73.6 Å². The van der Waals surface area contributed by atoms with Gasteiger partial charge < -0.3 is 20.5 Å². The number of halogens is 1. The average Bonchev–Trinajstić information content (AvgIpc) is 2.36. The van der Waals surface area contributed by atoms with Crippen molar-refractivity contribution in [1.82, 2.24) is 0 Å². The summed E-state index contributed by atoms with van der Waals surface area (Å²) in [6, 6.07) is 4.20. The zero-order chi connectivity index (χ0) is 13.5. The maximum Gasteiger partial charge on any atom is 0.227 e. The Hall–Kier alpha value is -1.66. The first-order chi connectivity index (χ1) is 8.60. The highest BCUT2D eigenvalue weighted by atomic mass is 19.1. The lowest BCUT2D eigenvalue weighted by Gasteiger charge is -2.13. The molecule has 1 aromatic carbocycles. The highest BCUT2D eigenvalue weighted by Gasteiger charge is 2.12. The number of carbonyl (C=O) groups is 1. The van der Waals surface area contributed by atoms with Crippen LogP contribution in [0.2, 0.25) is 0 Å². The fourth-order valence-electron chi connectivity index (χ4n) is 1.43. The summed E-state index contributed by atoms with van der Waals surface area (Å²) in [5.41, 5.74) is 5.77. The van der Waals surface area contributed by atoms with Crippen LogP contribution in [-0.4, -0.2) is 32.8 Å². The summed E-state index contributed by atoms with van der Waals surface area (Å²) in [6.45, 7) is 0.251. The lowest BCUT2D eigenvalue weighted by molar-refractivity contribution is -0.118. The van der Waals surface area contributed by atoms with Crippen molar-refractivity contribution in [2.24, 2.45) is 5.73 Å². The van der Waals surface area contributed by atoms with Gasteiger partial charge in [0.1, 0.15) is 0 Å². The van der Waals surface area contributed by atoms with Crippen molar-refractivity contribution in [3.8, 4) is 5.75 Å². The van der Waals surface area contributed by atoms with Gasteiger partial charge in [-0.3, -0.25) is 4.79 Å². The minimum atomic E-state index is -0.530. The summed E-state index contributed by atoms with van der Waals surface area (Å²) in [6.07, 6.45) is -0.214. The molecule has 1 atom stereocenters. The van der Waals surface area contributed by atoms with E-state index in [1.54, 1.807) is 6.07 Å². The molecule has 0 aliphatic carbocycles. The molecule has 3 N–H and O–H groups in total. The molecule has 18 heavy (non-hydrogen) atoms. The van der Waals surface area contributed by atoms with Crippen LogP contribution in [0.15, 0.2) is 18.2 Å². The molecule has 0 fully saturated rings. The molecule has 0 aromatic heterocycles. The molecule has 0 aliphatic heterocycles. The second-order valence-electron chi connectivity index (χ2n) is 3.70. The molecular weight excluding hydrogens is 239 g/mol. The third-order valence-corrected chi connectivity index (χ3v) is 2.44. The minimum absolute atomic E-state index is 0.126. The number of ether oxygens (including phenoxy) is 2. The Morgan fingerprint density at radius 1 is 1.50 bits per heavy atom. The van der Waals surface area contributed by atoms with Gasteiger partial charge >= 0.3 is 0 Å². The maximum absolute atomic E-state index is 13.4. The molecule has 0 radical (unpaired) electrons. The van der Waals surface area contributed by atoms with Crippen molar-refractivity contribution < 1.29 is 18.7 Å². The van der Waals surface area contributed by atoms with Crippen molar-refractivity contribution in [2.45, 2.75) is 12.5 Å². The van der Waals surface area contributed by atoms with Gasteiger partial charge in [-0.25, -0.2) is 4.39 Å². The lowest BCUT2D eigenvalue weighted by atomic mass is 10.2. The number of benzene rings is 1. The number of nitrogens with two attached hydrogens (primary N) is 1. The molecule has 6 heteroatoms. The van der Waals surface area contributed by atoms with Crippen LogP contribution in [0.1, 0.15) is 6.42 Å². The van der Waals surface area contributed by atoms with Gasteiger partial charge in [-0.1, -0.05) is 0 Å². The number of anilines is 1. The maximum atomic E-state index is 13.4. The number of nitrogens with one attached hydrogen (secondary N) is 1. The first kappa shape index (κ1) is 14.4. The molecule has 0 aliphatic rings. The van der Waals surface area contributed by atoms with E-state index in [1.165, 1.54) is 26.4 Å². The van der Waals surface area contributed by atoms with Crippen molar-refractivity contribution in [3.05, 3.63) is 24.0 Å². The molecule has 0 bridgehead atoms. The Kier molecular flexibility index (Phi) is 5.54. The van der Waals surface area contributed by atoms with E-state index in [4.69, 9.17) is 15.2 Å². The molecule has 1 rings (SSSR count). The fourth-order valence-corrected chi connectivity index (χ4v) is 1.43.